The molecule has 0 saturated heterocycles. The molecule has 1 aliphatic rings. The number of hydrogen-bond donors (Lipinski definition) is 1. The molecule has 0 unspecified atom stereocenters. The molecule has 0 saturated carbocycles. The van der Waals surface area contributed by atoms with E-state index in [1.165, 1.54) is 23.1 Å². The van der Waals surface area contributed by atoms with Crippen LogP contribution in [0, 0.1) is 0 Å². The van der Waals surface area contributed by atoms with E-state index in [-0.39, 0.29) is 23.7 Å². The third kappa shape index (κ3) is 5.43. The molecule has 0 atom stereocenters. The monoisotopic (exact) mass is 538 g/mol. The maximum atomic E-state index is 12.8. The molecule has 180 valence electrons. The summed E-state index contributed by atoms with van der Waals surface area (Å²) < 4.78 is 7.24. The van der Waals surface area contributed by atoms with Crippen LogP contribution >= 0.6 is 46.3 Å². The number of fused-ring (bicyclic) bond motifs is 1. The lowest BCUT2D eigenvalue weighted by Gasteiger charge is -2.14. The van der Waals surface area contributed by atoms with Gasteiger partial charge in [0.2, 0.25) is 5.91 Å². The van der Waals surface area contributed by atoms with Gasteiger partial charge in [-0.25, -0.2) is 4.79 Å². The Morgan fingerprint density at radius 3 is 2.74 bits per heavy atom. The van der Waals surface area contributed by atoms with Crippen LogP contribution in [0.25, 0.3) is 11.4 Å². The molecule has 34 heavy (non-hydrogen) atoms. The standard InChI is InChI=1S/C23H24Cl2N4O3S2/c1-12(2)32-22(31)19-15-6-4-5-7-17(15)34-21(19)26-18(30)11-33-23-28-27-20(29(23)3)14-9-8-13(24)10-16(14)25/h8-10,12H,4-7,11H2,1-3H3,(H,26,30). The number of amides is 1. The molecule has 4 rings (SSSR count). The molecule has 7 nitrogen and oxygen atoms in total. The lowest BCUT2D eigenvalue weighted by molar-refractivity contribution is -0.113. The van der Waals surface area contributed by atoms with Gasteiger partial charge in [0.05, 0.1) is 22.4 Å². The van der Waals surface area contributed by atoms with Crippen molar-refractivity contribution in [1.29, 1.82) is 0 Å². The summed E-state index contributed by atoms with van der Waals surface area (Å²) in [4.78, 5) is 26.7. The lowest BCUT2D eigenvalue weighted by atomic mass is 9.95. The number of nitrogens with one attached hydrogen (secondary N) is 1. The van der Waals surface area contributed by atoms with Crippen molar-refractivity contribution in [2.45, 2.75) is 50.8 Å². The number of thioether (sulfide) groups is 1. The number of nitrogens with zero attached hydrogens (tertiary/aromatic N) is 3. The summed E-state index contributed by atoms with van der Waals surface area (Å²) in [5, 5.41) is 13.5. The molecule has 1 aliphatic carbocycles. The van der Waals surface area contributed by atoms with Crippen molar-refractivity contribution in [2.24, 2.45) is 7.05 Å². The number of carbonyl (C=O) groups is 2. The highest BCUT2D eigenvalue weighted by Gasteiger charge is 2.28. The molecule has 0 radical (unpaired) electrons. The Morgan fingerprint density at radius 2 is 2.00 bits per heavy atom. The van der Waals surface area contributed by atoms with Crippen LogP contribution in [0.5, 0.6) is 0 Å². The Labute approximate surface area is 216 Å². The highest BCUT2D eigenvalue weighted by Crippen LogP contribution is 2.39. The van der Waals surface area contributed by atoms with Gasteiger partial charge in [-0.3, -0.25) is 4.79 Å². The third-order valence-electron chi connectivity index (χ3n) is 5.31. The minimum Gasteiger partial charge on any atom is -0.459 e. The summed E-state index contributed by atoms with van der Waals surface area (Å²) in [6.07, 6.45) is 3.63. The zero-order chi connectivity index (χ0) is 24.4. The second kappa shape index (κ2) is 10.7. The number of carbonyl (C=O) groups excluding carboxylic acids is 2. The Bertz CT molecular complexity index is 1240. The third-order valence-corrected chi connectivity index (χ3v) is 8.09. The van der Waals surface area contributed by atoms with Crippen molar-refractivity contribution in [3.63, 3.8) is 0 Å². The van der Waals surface area contributed by atoms with Gasteiger partial charge in [0.1, 0.15) is 5.00 Å². The highest BCUT2D eigenvalue weighted by atomic mass is 35.5. The Hall–Kier alpha value is -2.07. The largest absolute Gasteiger partial charge is 0.459 e. The van der Waals surface area contributed by atoms with E-state index >= 15 is 0 Å². The highest BCUT2D eigenvalue weighted by molar-refractivity contribution is 7.99. The summed E-state index contributed by atoms with van der Waals surface area (Å²) in [6, 6.07) is 5.17. The van der Waals surface area contributed by atoms with Gasteiger partial charge < -0.3 is 14.6 Å². The number of hydrogen-bond acceptors (Lipinski definition) is 7. The van der Waals surface area contributed by atoms with E-state index in [0.717, 1.165) is 36.1 Å². The molecular weight excluding hydrogens is 515 g/mol. The van der Waals surface area contributed by atoms with Crippen molar-refractivity contribution in [1.82, 2.24) is 14.8 Å². The van der Waals surface area contributed by atoms with E-state index in [2.05, 4.69) is 15.5 Å². The maximum absolute atomic E-state index is 12.8. The number of esters is 1. The van der Waals surface area contributed by atoms with Gasteiger partial charge in [0.25, 0.3) is 0 Å². The van der Waals surface area contributed by atoms with E-state index in [1.54, 1.807) is 22.8 Å². The van der Waals surface area contributed by atoms with E-state index in [1.807, 2.05) is 20.9 Å². The second-order valence-electron chi connectivity index (χ2n) is 8.20. The number of ether oxygens (including phenoxy) is 1. The van der Waals surface area contributed by atoms with Crippen LogP contribution in [0.2, 0.25) is 10.0 Å². The molecule has 3 aromatic rings. The maximum Gasteiger partial charge on any atom is 0.341 e. The average molecular weight is 540 g/mol. The summed E-state index contributed by atoms with van der Waals surface area (Å²) in [5.41, 5.74) is 2.22. The minimum absolute atomic E-state index is 0.113. The number of benzene rings is 1. The number of anilines is 1. The number of aromatic nitrogens is 3. The Morgan fingerprint density at radius 1 is 1.24 bits per heavy atom. The van der Waals surface area contributed by atoms with Crippen LogP contribution in [-0.2, 0) is 29.4 Å². The molecule has 2 aromatic heterocycles. The van der Waals surface area contributed by atoms with Crippen molar-refractivity contribution < 1.29 is 14.3 Å². The summed E-state index contributed by atoms with van der Waals surface area (Å²) in [7, 11) is 1.81. The molecular formula is C23H24Cl2N4O3S2. The first-order valence-corrected chi connectivity index (χ1v) is 13.4. The van der Waals surface area contributed by atoms with Gasteiger partial charge in [-0.2, -0.15) is 0 Å². The Kier molecular flexibility index (Phi) is 7.87. The van der Waals surface area contributed by atoms with E-state index < -0.39 is 0 Å². The number of halogens is 2. The van der Waals surface area contributed by atoms with Gasteiger partial charge in [-0.15, -0.1) is 21.5 Å². The molecule has 1 aromatic carbocycles. The fraction of sp³-hybridized carbons (Fsp3) is 0.391. The van der Waals surface area contributed by atoms with Crippen molar-refractivity contribution in [2.75, 3.05) is 11.1 Å². The molecule has 0 bridgehead atoms. The SMILES string of the molecule is CC(C)OC(=O)c1c(NC(=O)CSc2nnc(-c3ccc(Cl)cc3Cl)n2C)sc2c1CCCC2. The molecule has 1 N–H and O–H groups in total. The fourth-order valence-electron chi connectivity index (χ4n) is 3.78. The van der Waals surface area contributed by atoms with Crippen LogP contribution in [0.1, 0.15) is 47.5 Å². The normalized spacial score (nSPS) is 13.1. The molecule has 1 amide bonds. The van der Waals surface area contributed by atoms with E-state index in [4.69, 9.17) is 27.9 Å². The summed E-state index contributed by atoms with van der Waals surface area (Å²) in [6.45, 7) is 3.63. The predicted octanol–water partition coefficient (Wildman–Crippen LogP) is 6.03. The quantitative estimate of drug-likeness (QED) is 0.292. The smallest absolute Gasteiger partial charge is 0.341 e. The van der Waals surface area contributed by atoms with Crippen LogP contribution in [0.15, 0.2) is 23.4 Å². The van der Waals surface area contributed by atoms with Gasteiger partial charge in [-0.05, 0) is 63.3 Å². The summed E-state index contributed by atoms with van der Waals surface area (Å²) >= 11 is 15.0. The number of rotatable bonds is 7. The molecule has 0 spiro atoms. The zero-order valence-corrected chi connectivity index (χ0v) is 22.1. The van der Waals surface area contributed by atoms with Gasteiger partial charge >= 0.3 is 5.97 Å². The predicted molar refractivity (Wildman–Crippen MR) is 137 cm³/mol. The number of aryl methyl sites for hydroxylation is 1. The lowest BCUT2D eigenvalue weighted by Crippen LogP contribution is -2.19. The van der Waals surface area contributed by atoms with Crippen molar-refractivity contribution >= 4 is 63.2 Å². The first kappa shape index (κ1) is 25.0. The Balaban J connectivity index is 1.47. The van der Waals surface area contributed by atoms with Crippen LogP contribution < -0.4 is 5.32 Å². The fourth-order valence-corrected chi connectivity index (χ4v) is 6.28. The second-order valence-corrected chi connectivity index (χ2v) is 11.1. The van der Waals surface area contributed by atoms with E-state index in [9.17, 15) is 9.59 Å². The molecule has 11 heteroatoms. The van der Waals surface area contributed by atoms with Crippen LogP contribution in [0.4, 0.5) is 5.00 Å². The summed E-state index contributed by atoms with van der Waals surface area (Å²) in [5.74, 6) is 0.0855. The van der Waals surface area contributed by atoms with Gasteiger partial charge in [0, 0.05) is 22.5 Å². The topological polar surface area (TPSA) is 86.1 Å². The number of thiophene rings is 1. The first-order valence-electron chi connectivity index (χ1n) is 10.9. The average Bonchev–Trinajstić information content (AvgIpc) is 3.31. The van der Waals surface area contributed by atoms with Crippen molar-refractivity contribution in [3.8, 4) is 11.4 Å². The minimum atomic E-state index is -0.380. The molecule has 0 aliphatic heterocycles. The van der Waals surface area contributed by atoms with Crippen LogP contribution in [-0.4, -0.2) is 38.5 Å². The van der Waals surface area contributed by atoms with E-state index in [0.29, 0.717) is 37.2 Å². The molecule has 2 heterocycles. The first-order chi connectivity index (χ1) is 16.2. The van der Waals surface area contributed by atoms with Gasteiger partial charge in [-0.1, -0.05) is 35.0 Å². The molecule has 0 fully saturated rings. The van der Waals surface area contributed by atoms with Gasteiger partial charge in [0.15, 0.2) is 11.0 Å². The van der Waals surface area contributed by atoms with Crippen molar-refractivity contribution in [3.05, 3.63) is 44.2 Å². The zero-order valence-electron chi connectivity index (χ0n) is 19.0. The van der Waals surface area contributed by atoms with Crippen LogP contribution in [0.3, 0.4) is 0 Å².